The maximum Gasteiger partial charge on any atom is 0.453 e. The summed E-state index contributed by atoms with van der Waals surface area (Å²) in [6, 6.07) is 0. The average Bonchev–Trinajstić information content (AvgIpc) is 3.22. The third-order valence-electron chi connectivity index (χ3n) is 5.99. The Labute approximate surface area is 185 Å². The zero-order valence-electron chi connectivity index (χ0n) is 19.1. The zero-order chi connectivity index (χ0) is 22.8. The van der Waals surface area contributed by atoms with Crippen LogP contribution in [0.2, 0.25) is 0 Å². The van der Waals surface area contributed by atoms with Gasteiger partial charge in [-0.2, -0.15) is 22.0 Å². The van der Waals surface area contributed by atoms with Gasteiger partial charge in [0.15, 0.2) is 6.29 Å². The molecule has 0 bridgehead atoms. The van der Waals surface area contributed by atoms with Gasteiger partial charge in [-0.3, -0.25) is 0 Å². The number of rotatable bonds is 20. The molecule has 0 aromatic rings. The highest BCUT2D eigenvalue weighted by Gasteiger charge is 2.56. The molecule has 0 aromatic carbocycles. The number of hydrogen-bond acceptors (Lipinski definition) is 2. The Hall–Kier alpha value is -0.430. The topological polar surface area (TPSA) is 18.5 Å². The van der Waals surface area contributed by atoms with Gasteiger partial charge in [0.25, 0.3) is 0 Å². The van der Waals surface area contributed by atoms with Gasteiger partial charge < -0.3 is 9.47 Å². The number of hydrogen-bond donors (Lipinski definition) is 0. The van der Waals surface area contributed by atoms with Gasteiger partial charge in [-0.15, -0.1) is 0 Å². The third kappa shape index (κ3) is 15.1. The van der Waals surface area contributed by atoms with Crippen molar-refractivity contribution < 1.29 is 31.4 Å². The van der Waals surface area contributed by atoms with Crippen molar-refractivity contribution in [3.05, 3.63) is 0 Å². The summed E-state index contributed by atoms with van der Waals surface area (Å²) in [7, 11) is 0. The van der Waals surface area contributed by atoms with E-state index in [4.69, 9.17) is 9.47 Å². The lowest BCUT2D eigenvalue weighted by Crippen LogP contribution is -2.36. The van der Waals surface area contributed by atoms with Crippen molar-refractivity contribution in [1.29, 1.82) is 0 Å². The Morgan fingerprint density at radius 3 is 1.42 bits per heavy atom. The summed E-state index contributed by atoms with van der Waals surface area (Å²) in [6.07, 6.45) is 12.5. The first-order chi connectivity index (χ1) is 14.8. The first kappa shape index (κ1) is 28.6. The smallest absolute Gasteiger partial charge is 0.353 e. The molecule has 2 nitrogen and oxygen atoms in total. The van der Waals surface area contributed by atoms with Crippen LogP contribution in [0.4, 0.5) is 22.0 Å². The molecule has 0 spiro atoms. The highest BCUT2D eigenvalue weighted by Crippen LogP contribution is 2.39. The summed E-state index contributed by atoms with van der Waals surface area (Å²) in [4.78, 5) is 0. The molecule has 1 atom stereocenters. The molecular formula is C24H43F5O2. The molecule has 1 saturated heterocycles. The highest BCUT2D eigenvalue weighted by molar-refractivity contribution is 4.75. The van der Waals surface area contributed by atoms with Gasteiger partial charge in [-0.1, -0.05) is 89.9 Å². The summed E-state index contributed by atoms with van der Waals surface area (Å²) in [5, 5.41) is 0. The van der Waals surface area contributed by atoms with Crippen molar-refractivity contribution in [2.24, 2.45) is 0 Å². The molecular weight excluding hydrogens is 415 g/mol. The maximum absolute atomic E-state index is 12.8. The molecule has 0 amide bonds. The molecule has 1 aliphatic rings. The van der Waals surface area contributed by atoms with E-state index >= 15 is 0 Å². The summed E-state index contributed by atoms with van der Waals surface area (Å²) in [5.41, 5.74) is 0. The quantitative estimate of drug-likeness (QED) is 0.134. The normalized spacial score (nSPS) is 17.5. The summed E-state index contributed by atoms with van der Waals surface area (Å²) in [6.45, 7) is 1.66. The first-order valence-electron chi connectivity index (χ1n) is 12.5. The van der Waals surface area contributed by atoms with Crippen LogP contribution < -0.4 is 0 Å². The van der Waals surface area contributed by atoms with Crippen LogP contribution in [-0.2, 0) is 9.47 Å². The van der Waals surface area contributed by atoms with Crippen LogP contribution in [0.25, 0.3) is 0 Å². The lowest BCUT2D eigenvalue weighted by molar-refractivity contribution is -0.284. The van der Waals surface area contributed by atoms with Crippen LogP contribution in [0.15, 0.2) is 0 Å². The van der Waals surface area contributed by atoms with Crippen LogP contribution >= 0.6 is 0 Å². The van der Waals surface area contributed by atoms with E-state index in [1.807, 2.05) is 0 Å². The molecule has 1 unspecified atom stereocenters. The Morgan fingerprint density at radius 1 is 0.613 bits per heavy atom. The average molecular weight is 459 g/mol. The van der Waals surface area contributed by atoms with Crippen molar-refractivity contribution in [3.8, 4) is 0 Å². The zero-order valence-corrected chi connectivity index (χ0v) is 19.1. The van der Waals surface area contributed by atoms with Gasteiger partial charge in [0, 0.05) is 26.1 Å². The molecule has 0 aromatic heterocycles. The fraction of sp³-hybridized carbons (Fsp3) is 1.00. The van der Waals surface area contributed by atoms with E-state index in [-0.39, 0.29) is 12.7 Å². The third-order valence-corrected chi connectivity index (χ3v) is 5.99. The largest absolute Gasteiger partial charge is 0.453 e. The molecule has 0 aliphatic carbocycles. The lowest BCUT2D eigenvalue weighted by Gasteiger charge is -2.19. The van der Waals surface area contributed by atoms with E-state index in [0.29, 0.717) is 6.42 Å². The van der Waals surface area contributed by atoms with Crippen molar-refractivity contribution in [2.45, 2.75) is 140 Å². The standard InChI is InChI=1S/C24H43F5O2/c25-23(26,24(27,28)29)19-15-13-11-9-7-5-3-1-2-4-6-8-10-12-14-16-20-30-22-18-17-21-31-22/h22H,1-21H2. The van der Waals surface area contributed by atoms with Gasteiger partial charge in [0.2, 0.25) is 0 Å². The van der Waals surface area contributed by atoms with E-state index in [1.54, 1.807) is 0 Å². The van der Waals surface area contributed by atoms with Crippen molar-refractivity contribution in [3.63, 3.8) is 0 Å². The number of unbranched alkanes of at least 4 members (excludes halogenated alkanes) is 15. The second-order valence-corrected chi connectivity index (χ2v) is 8.92. The predicted octanol–water partition coefficient (Wildman–Crippen LogP) is 8.97. The Kier molecular flexibility index (Phi) is 15.8. The van der Waals surface area contributed by atoms with E-state index in [2.05, 4.69) is 0 Å². The fourth-order valence-electron chi connectivity index (χ4n) is 3.96. The summed E-state index contributed by atoms with van der Waals surface area (Å²) in [5.74, 6) is -4.54. The maximum atomic E-state index is 12.8. The van der Waals surface area contributed by atoms with Crippen LogP contribution in [0.3, 0.4) is 0 Å². The highest BCUT2D eigenvalue weighted by atomic mass is 19.4. The summed E-state index contributed by atoms with van der Waals surface area (Å²) < 4.78 is 72.7. The van der Waals surface area contributed by atoms with Crippen LogP contribution in [0.1, 0.15) is 122 Å². The van der Waals surface area contributed by atoms with Gasteiger partial charge in [0.05, 0.1) is 0 Å². The number of alkyl halides is 5. The second kappa shape index (κ2) is 17.1. The Bertz CT molecular complexity index is 409. The van der Waals surface area contributed by atoms with Crippen molar-refractivity contribution >= 4 is 0 Å². The molecule has 1 aliphatic heterocycles. The van der Waals surface area contributed by atoms with Gasteiger partial charge in [-0.05, 0) is 19.3 Å². The molecule has 31 heavy (non-hydrogen) atoms. The number of halogens is 5. The SMILES string of the molecule is FC(F)(F)C(F)(F)CCCCCCCCCCCCCCCCCCOC1CCCO1. The molecule has 186 valence electrons. The minimum absolute atomic E-state index is 0.0486. The van der Waals surface area contributed by atoms with E-state index in [0.717, 1.165) is 58.2 Å². The second-order valence-electron chi connectivity index (χ2n) is 8.92. The van der Waals surface area contributed by atoms with E-state index < -0.39 is 18.5 Å². The van der Waals surface area contributed by atoms with Gasteiger partial charge in [0.1, 0.15) is 0 Å². The van der Waals surface area contributed by atoms with Crippen molar-refractivity contribution in [1.82, 2.24) is 0 Å². The fourth-order valence-corrected chi connectivity index (χ4v) is 3.96. The van der Waals surface area contributed by atoms with E-state index in [9.17, 15) is 22.0 Å². The molecule has 1 rings (SSSR count). The molecule has 0 N–H and O–H groups in total. The molecule has 7 heteroatoms. The lowest BCUT2D eigenvalue weighted by atomic mass is 10.0. The first-order valence-corrected chi connectivity index (χ1v) is 12.5. The predicted molar refractivity (Wildman–Crippen MR) is 114 cm³/mol. The van der Waals surface area contributed by atoms with Gasteiger partial charge in [-0.25, -0.2) is 0 Å². The van der Waals surface area contributed by atoms with Gasteiger partial charge >= 0.3 is 12.1 Å². The molecule has 0 radical (unpaired) electrons. The molecule has 1 fully saturated rings. The minimum atomic E-state index is -5.41. The monoisotopic (exact) mass is 458 g/mol. The molecule has 0 saturated carbocycles. The molecule has 1 heterocycles. The van der Waals surface area contributed by atoms with Crippen LogP contribution in [0.5, 0.6) is 0 Å². The van der Waals surface area contributed by atoms with Crippen LogP contribution in [0, 0.1) is 0 Å². The van der Waals surface area contributed by atoms with E-state index in [1.165, 1.54) is 57.8 Å². The Balaban J connectivity index is 1.70. The van der Waals surface area contributed by atoms with Crippen LogP contribution in [-0.4, -0.2) is 31.6 Å². The number of ether oxygens (including phenoxy) is 2. The van der Waals surface area contributed by atoms with Crippen molar-refractivity contribution in [2.75, 3.05) is 13.2 Å². The Morgan fingerprint density at radius 2 is 1.03 bits per heavy atom. The minimum Gasteiger partial charge on any atom is -0.353 e. The summed E-state index contributed by atoms with van der Waals surface area (Å²) >= 11 is 0.